The highest BCUT2D eigenvalue weighted by molar-refractivity contribution is 9.10. The highest BCUT2D eigenvalue weighted by atomic mass is 79.9. The smallest absolute Gasteiger partial charge is 0.410 e. The molecule has 0 radical (unpaired) electrons. The van der Waals surface area contributed by atoms with Gasteiger partial charge < -0.3 is 14.7 Å². The van der Waals surface area contributed by atoms with Crippen molar-refractivity contribution in [3.05, 3.63) is 34.3 Å². The van der Waals surface area contributed by atoms with E-state index in [0.717, 1.165) is 29.4 Å². The molecule has 3 atom stereocenters. The summed E-state index contributed by atoms with van der Waals surface area (Å²) in [5.41, 5.74) is -0.303. The van der Waals surface area contributed by atoms with Gasteiger partial charge in [-0.2, -0.15) is 0 Å². The third kappa shape index (κ3) is 3.77. The maximum Gasteiger partial charge on any atom is 0.410 e. The van der Waals surface area contributed by atoms with Crippen LogP contribution < -0.4 is 0 Å². The van der Waals surface area contributed by atoms with Gasteiger partial charge in [0.05, 0.1) is 5.60 Å². The van der Waals surface area contributed by atoms with Gasteiger partial charge in [0.1, 0.15) is 5.60 Å². The van der Waals surface area contributed by atoms with Crippen LogP contribution in [-0.4, -0.2) is 34.8 Å². The van der Waals surface area contributed by atoms with Crippen molar-refractivity contribution in [1.82, 2.24) is 4.90 Å². The zero-order chi connectivity index (χ0) is 17.5. The SMILES string of the molecule is CC(C)(C)OC(=O)N1CC2CCC(O)(c3cccc(Br)c3)CC2C1. The van der Waals surface area contributed by atoms with Gasteiger partial charge in [-0.05, 0) is 69.6 Å². The Hall–Kier alpha value is -1.07. The Morgan fingerprint density at radius 1 is 1.33 bits per heavy atom. The van der Waals surface area contributed by atoms with Crippen molar-refractivity contribution >= 4 is 22.0 Å². The second-order valence-corrected chi connectivity index (χ2v) is 9.11. The summed E-state index contributed by atoms with van der Waals surface area (Å²) in [6.45, 7) is 7.09. The van der Waals surface area contributed by atoms with Gasteiger partial charge in [0.2, 0.25) is 0 Å². The zero-order valence-corrected chi connectivity index (χ0v) is 16.2. The van der Waals surface area contributed by atoms with E-state index in [0.29, 0.717) is 24.8 Å². The number of likely N-dealkylation sites (tertiary alicyclic amines) is 1. The molecule has 4 nitrogen and oxygen atoms in total. The Morgan fingerprint density at radius 3 is 2.71 bits per heavy atom. The van der Waals surface area contributed by atoms with Crippen molar-refractivity contribution in [3.8, 4) is 0 Å². The predicted octanol–water partition coefficient (Wildman–Crippen LogP) is 4.30. The largest absolute Gasteiger partial charge is 0.444 e. The fourth-order valence-electron chi connectivity index (χ4n) is 3.97. The van der Waals surface area contributed by atoms with Gasteiger partial charge >= 0.3 is 6.09 Å². The highest BCUT2D eigenvalue weighted by Gasteiger charge is 2.46. The molecule has 2 aliphatic rings. The van der Waals surface area contributed by atoms with E-state index in [1.807, 2.05) is 49.9 Å². The van der Waals surface area contributed by atoms with Crippen molar-refractivity contribution in [1.29, 1.82) is 0 Å². The normalized spacial score (nSPS) is 30.1. The topological polar surface area (TPSA) is 49.8 Å². The molecular weight excluding hydrogens is 370 g/mol. The van der Waals surface area contributed by atoms with Crippen LogP contribution in [-0.2, 0) is 10.3 Å². The molecular formula is C19H26BrNO3. The number of carbonyl (C=O) groups excluding carboxylic acids is 1. The minimum atomic E-state index is -0.797. The van der Waals surface area contributed by atoms with E-state index >= 15 is 0 Å². The van der Waals surface area contributed by atoms with E-state index in [4.69, 9.17) is 4.74 Å². The van der Waals surface area contributed by atoms with Crippen LogP contribution in [0.3, 0.4) is 0 Å². The summed E-state index contributed by atoms with van der Waals surface area (Å²) < 4.78 is 6.48. The predicted molar refractivity (Wildman–Crippen MR) is 96.7 cm³/mol. The Labute approximate surface area is 152 Å². The molecule has 1 amide bonds. The summed E-state index contributed by atoms with van der Waals surface area (Å²) in [6, 6.07) is 7.93. The number of carbonyl (C=O) groups is 1. The van der Waals surface area contributed by atoms with Crippen molar-refractivity contribution in [2.45, 2.75) is 51.2 Å². The van der Waals surface area contributed by atoms with Gasteiger partial charge in [-0.25, -0.2) is 4.79 Å². The number of ether oxygens (including phenoxy) is 1. The molecule has 1 aliphatic carbocycles. The van der Waals surface area contributed by atoms with Gasteiger partial charge in [-0.15, -0.1) is 0 Å². The number of aliphatic hydroxyl groups is 1. The first-order chi connectivity index (χ1) is 11.2. The quantitative estimate of drug-likeness (QED) is 0.770. The third-order valence-electron chi connectivity index (χ3n) is 5.12. The molecule has 0 aromatic heterocycles. The molecule has 132 valence electrons. The fraction of sp³-hybridized carbons (Fsp3) is 0.632. The molecule has 3 unspecified atom stereocenters. The standard InChI is InChI=1S/C19H26BrNO3/c1-18(2,3)24-17(22)21-11-13-7-8-19(23,10-14(13)12-21)15-5-4-6-16(20)9-15/h4-6,9,13-14,23H,7-8,10-12H2,1-3H3. The molecule has 1 saturated heterocycles. The molecule has 5 heteroatoms. The van der Waals surface area contributed by atoms with Crippen molar-refractivity contribution in [2.75, 3.05) is 13.1 Å². The molecule has 0 spiro atoms. The molecule has 1 N–H and O–H groups in total. The van der Waals surface area contributed by atoms with Crippen LogP contribution in [0, 0.1) is 11.8 Å². The number of halogens is 1. The highest BCUT2D eigenvalue weighted by Crippen LogP contribution is 2.46. The van der Waals surface area contributed by atoms with Crippen LogP contribution >= 0.6 is 15.9 Å². The molecule has 24 heavy (non-hydrogen) atoms. The minimum absolute atomic E-state index is 0.233. The Bertz CT molecular complexity index is 627. The summed E-state index contributed by atoms with van der Waals surface area (Å²) in [5.74, 6) is 0.792. The Balaban J connectivity index is 1.69. The number of hydrogen-bond acceptors (Lipinski definition) is 3. The first-order valence-electron chi connectivity index (χ1n) is 8.63. The van der Waals surface area contributed by atoms with E-state index < -0.39 is 11.2 Å². The molecule has 1 saturated carbocycles. The van der Waals surface area contributed by atoms with Crippen molar-refractivity contribution in [3.63, 3.8) is 0 Å². The number of fused-ring (bicyclic) bond motifs is 1. The monoisotopic (exact) mass is 395 g/mol. The number of benzene rings is 1. The Kier molecular flexibility index (Phi) is 4.69. The van der Waals surface area contributed by atoms with Crippen molar-refractivity contribution in [2.24, 2.45) is 11.8 Å². The van der Waals surface area contributed by atoms with Crippen LogP contribution in [0.2, 0.25) is 0 Å². The first-order valence-corrected chi connectivity index (χ1v) is 9.42. The van der Waals surface area contributed by atoms with Crippen LogP contribution in [0.5, 0.6) is 0 Å². The lowest BCUT2D eigenvalue weighted by Crippen LogP contribution is -2.37. The first kappa shape index (κ1) is 17.7. The second kappa shape index (κ2) is 6.34. The maximum atomic E-state index is 12.3. The summed E-state index contributed by atoms with van der Waals surface area (Å²) in [7, 11) is 0. The van der Waals surface area contributed by atoms with E-state index in [-0.39, 0.29) is 6.09 Å². The van der Waals surface area contributed by atoms with Gasteiger partial charge in [0.25, 0.3) is 0 Å². The number of rotatable bonds is 1. The Morgan fingerprint density at radius 2 is 2.04 bits per heavy atom. The fourth-order valence-corrected chi connectivity index (χ4v) is 4.37. The zero-order valence-electron chi connectivity index (χ0n) is 14.6. The number of nitrogens with zero attached hydrogens (tertiary/aromatic N) is 1. The molecule has 2 fully saturated rings. The summed E-state index contributed by atoms with van der Waals surface area (Å²) >= 11 is 3.49. The summed E-state index contributed by atoms with van der Waals surface area (Å²) in [6.07, 6.45) is 2.15. The lowest BCUT2D eigenvalue weighted by Gasteiger charge is -2.38. The van der Waals surface area contributed by atoms with E-state index in [9.17, 15) is 9.90 Å². The van der Waals surface area contributed by atoms with Gasteiger partial charge in [-0.3, -0.25) is 0 Å². The molecule has 3 rings (SSSR count). The van der Waals surface area contributed by atoms with E-state index in [2.05, 4.69) is 15.9 Å². The molecule has 0 bridgehead atoms. The third-order valence-corrected chi connectivity index (χ3v) is 5.61. The van der Waals surface area contributed by atoms with E-state index in [1.165, 1.54) is 0 Å². The molecule has 1 aromatic carbocycles. The van der Waals surface area contributed by atoms with Gasteiger partial charge in [-0.1, -0.05) is 28.1 Å². The van der Waals surface area contributed by atoms with Crippen LogP contribution in [0.4, 0.5) is 4.79 Å². The average Bonchev–Trinajstić information content (AvgIpc) is 2.88. The van der Waals surface area contributed by atoms with Gasteiger partial charge in [0, 0.05) is 17.6 Å². The lowest BCUT2D eigenvalue weighted by molar-refractivity contribution is -0.0303. The minimum Gasteiger partial charge on any atom is -0.444 e. The van der Waals surface area contributed by atoms with Gasteiger partial charge in [0.15, 0.2) is 0 Å². The lowest BCUT2D eigenvalue weighted by atomic mass is 9.70. The summed E-state index contributed by atoms with van der Waals surface area (Å²) in [4.78, 5) is 14.1. The van der Waals surface area contributed by atoms with E-state index in [1.54, 1.807) is 0 Å². The number of amides is 1. The summed E-state index contributed by atoms with van der Waals surface area (Å²) in [5, 5.41) is 11.2. The maximum absolute atomic E-state index is 12.3. The number of hydrogen-bond donors (Lipinski definition) is 1. The van der Waals surface area contributed by atoms with Crippen molar-refractivity contribution < 1.29 is 14.6 Å². The molecule has 1 aromatic rings. The molecule has 1 heterocycles. The second-order valence-electron chi connectivity index (χ2n) is 8.19. The average molecular weight is 396 g/mol. The van der Waals surface area contributed by atoms with Crippen LogP contribution in [0.1, 0.15) is 45.6 Å². The van der Waals surface area contributed by atoms with Crippen LogP contribution in [0.15, 0.2) is 28.7 Å². The van der Waals surface area contributed by atoms with Crippen LogP contribution in [0.25, 0.3) is 0 Å². The molecule has 1 aliphatic heterocycles.